The molecule has 1 amide bonds. The van der Waals surface area contributed by atoms with Gasteiger partial charge in [0, 0.05) is 31.4 Å². The van der Waals surface area contributed by atoms with E-state index in [9.17, 15) is 22.7 Å². The lowest BCUT2D eigenvalue weighted by Crippen LogP contribution is -2.57. The topological polar surface area (TPSA) is 127 Å². The van der Waals surface area contributed by atoms with Crippen LogP contribution in [0.5, 0.6) is 0 Å². The molecule has 13 heteroatoms. The molecule has 2 aliphatic rings. The van der Waals surface area contributed by atoms with Gasteiger partial charge in [-0.25, -0.2) is 21.6 Å². The predicted molar refractivity (Wildman–Crippen MR) is 151 cm³/mol. The first-order valence-corrected chi connectivity index (χ1v) is 14.7. The number of hydrogen-bond acceptors (Lipinski definition) is 7. The molecule has 1 aromatic heterocycles. The molecular formula is C29H28F3N5O4S. The second kappa shape index (κ2) is 10.9. The quantitative estimate of drug-likeness (QED) is 0.298. The van der Waals surface area contributed by atoms with E-state index in [0.29, 0.717) is 5.56 Å². The average molecular weight is 600 g/mol. The molecule has 3 N–H and O–H groups in total. The van der Waals surface area contributed by atoms with Crippen LogP contribution in [0.4, 0.5) is 24.5 Å². The number of aliphatic hydroxyl groups excluding tert-OH is 1. The van der Waals surface area contributed by atoms with Crippen molar-refractivity contribution in [3.8, 4) is 11.1 Å². The average Bonchev–Trinajstić information content (AvgIpc) is 3.03. The summed E-state index contributed by atoms with van der Waals surface area (Å²) >= 11 is 0. The molecular weight excluding hydrogens is 571 g/mol. The fourth-order valence-electron chi connectivity index (χ4n) is 5.49. The highest BCUT2D eigenvalue weighted by Gasteiger charge is 2.44. The van der Waals surface area contributed by atoms with Crippen LogP contribution >= 0.6 is 0 Å². The molecule has 2 unspecified atom stereocenters. The van der Waals surface area contributed by atoms with Crippen LogP contribution in [0.1, 0.15) is 29.8 Å². The molecule has 2 atom stereocenters. The maximum Gasteiger partial charge on any atom is 0.246 e. The fourth-order valence-corrected chi connectivity index (χ4v) is 7.33. The minimum absolute atomic E-state index is 0.0145. The normalized spacial score (nSPS) is 18.5. The number of rotatable bonds is 5. The molecule has 3 aromatic rings. The zero-order valence-electron chi connectivity index (χ0n) is 22.8. The van der Waals surface area contributed by atoms with Crippen molar-refractivity contribution in [2.75, 3.05) is 30.7 Å². The number of aliphatic hydroxyl groups is 1. The summed E-state index contributed by atoms with van der Waals surface area (Å²) in [5, 5.41) is 22.2. The third-order valence-electron chi connectivity index (χ3n) is 7.53. The second-order valence-corrected chi connectivity index (χ2v) is 12.2. The van der Waals surface area contributed by atoms with Crippen LogP contribution in [-0.2, 0) is 14.6 Å². The highest BCUT2D eigenvalue weighted by atomic mass is 32.2. The molecule has 1 fully saturated rings. The summed E-state index contributed by atoms with van der Waals surface area (Å²) in [5.74, 6) is -5.44. The highest BCUT2D eigenvalue weighted by Crippen LogP contribution is 2.44. The van der Waals surface area contributed by atoms with Gasteiger partial charge in [0.25, 0.3) is 0 Å². The van der Waals surface area contributed by atoms with E-state index < -0.39 is 84.2 Å². The number of carbonyl (C=O) groups excluding carboxylic acids is 1. The van der Waals surface area contributed by atoms with Crippen molar-refractivity contribution in [2.45, 2.75) is 30.9 Å². The van der Waals surface area contributed by atoms with Gasteiger partial charge < -0.3 is 20.2 Å². The van der Waals surface area contributed by atoms with Crippen LogP contribution in [0.15, 0.2) is 54.1 Å². The number of pyridine rings is 1. The summed E-state index contributed by atoms with van der Waals surface area (Å²) in [4.78, 5) is 18.3. The van der Waals surface area contributed by atoms with Crippen LogP contribution in [0.2, 0.25) is 0 Å². The van der Waals surface area contributed by atoms with Gasteiger partial charge in [-0.15, -0.1) is 0 Å². The first-order chi connectivity index (χ1) is 19.9. The van der Waals surface area contributed by atoms with Gasteiger partial charge in [0.2, 0.25) is 5.91 Å². The lowest BCUT2D eigenvalue weighted by molar-refractivity contribution is -0.128. The molecule has 0 aliphatic carbocycles. The van der Waals surface area contributed by atoms with Gasteiger partial charge in [0.1, 0.15) is 16.5 Å². The number of fused-ring (bicyclic) bond motifs is 2. The Kier molecular flexibility index (Phi) is 7.58. The van der Waals surface area contributed by atoms with Crippen molar-refractivity contribution in [3.63, 3.8) is 0 Å². The molecule has 42 heavy (non-hydrogen) atoms. The van der Waals surface area contributed by atoms with Gasteiger partial charge in [-0.05, 0) is 37.6 Å². The van der Waals surface area contributed by atoms with Crippen LogP contribution in [0, 0.1) is 29.8 Å². The number of aryl methyl sites for hydroxylation is 1. The van der Waals surface area contributed by atoms with E-state index in [1.54, 1.807) is 13.0 Å². The summed E-state index contributed by atoms with van der Waals surface area (Å²) in [6, 6.07) is 5.42. The van der Waals surface area contributed by atoms with Crippen LogP contribution < -0.4 is 5.32 Å². The van der Waals surface area contributed by atoms with E-state index in [0.717, 1.165) is 18.2 Å². The number of sulfone groups is 1. The minimum Gasteiger partial charge on any atom is -0.387 e. The van der Waals surface area contributed by atoms with Crippen LogP contribution in [0.25, 0.3) is 11.1 Å². The summed E-state index contributed by atoms with van der Waals surface area (Å²) in [6.45, 7) is 6.57. The van der Waals surface area contributed by atoms with Gasteiger partial charge in [0.15, 0.2) is 21.5 Å². The van der Waals surface area contributed by atoms with E-state index in [2.05, 4.69) is 16.9 Å². The van der Waals surface area contributed by atoms with E-state index in [1.807, 2.05) is 0 Å². The molecule has 5 rings (SSSR count). The number of nitrogens with one attached hydrogen (secondary N) is 2. The maximum atomic E-state index is 16.6. The van der Waals surface area contributed by atoms with Crippen molar-refractivity contribution in [2.24, 2.45) is 0 Å². The largest absolute Gasteiger partial charge is 0.387 e. The zero-order valence-corrected chi connectivity index (χ0v) is 23.6. The Balaban J connectivity index is 1.82. The van der Waals surface area contributed by atoms with Gasteiger partial charge >= 0.3 is 0 Å². The number of amidine groups is 1. The van der Waals surface area contributed by atoms with Crippen molar-refractivity contribution < 1.29 is 31.5 Å². The second-order valence-electron chi connectivity index (χ2n) is 10.2. The molecule has 3 heterocycles. The number of anilines is 2. The standard InChI is InChI=1S/C29H28F3N5O4S/c1-4-20(39)36-11-12-37-17(13-36)14-42(40,41)28-22(29(37)33)27(35-25-15(2)9-10-34-26(25)16(3)38)23(31)21(24(28)32)18-7-5-6-8-19(18)30/h4-10,16-17,33,35,38H,1,11-14H2,2-3H3. The number of amides is 1. The third kappa shape index (κ3) is 4.81. The molecule has 1 saturated heterocycles. The summed E-state index contributed by atoms with van der Waals surface area (Å²) in [6.07, 6.45) is 1.38. The molecule has 0 radical (unpaired) electrons. The fraction of sp³-hybridized carbons (Fsp3) is 0.276. The van der Waals surface area contributed by atoms with Gasteiger partial charge in [-0.3, -0.25) is 15.2 Å². The van der Waals surface area contributed by atoms with Crippen LogP contribution in [-0.4, -0.2) is 71.5 Å². The van der Waals surface area contributed by atoms with E-state index >= 15 is 8.78 Å². The molecule has 0 saturated carbocycles. The molecule has 2 aromatic carbocycles. The third-order valence-corrected chi connectivity index (χ3v) is 9.36. The number of halogens is 3. The van der Waals surface area contributed by atoms with Crippen molar-refractivity contribution in [1.82, 2.24) is 14.8 Å². The summed E-state index contributed by atoms with van der Waals surface area (Å²) < 4.78 is 75.8. The monoisotopic (exact) mass is 599 g/mol. The summed E-state index contributed by atoms with van der Waals surface area (Å²) in [5.41, 5.74) is -1.89. The maximum absolute atomic E-state index is 16.6. The van der Waals surface area contributed by atoms with E-state index in [1.165, 1.54) is 35.1 Å². The van der Waals surface area contributed by atoms with Gasteiger partial charge in [-0.1, -0.05) is 24.8 Å². The number of carbonyl (C=O) groups is 1. The summed E-state index contributed by atoms with van der Waals surface area (Å²) in [7, 11) is -4.60. The first kappa shape index (κ1) is 29.3. The van der Waals surface area contributed by atoms with E-state index in [4.69, 9.17) is 5.41 Å². The Morgan fingerprint density at radius 1 is 1.17 bits per heavy atom. The molecule has 220 valence electrons. The lowest BCUT2D eigenvalue weighted by atomic mass is 9.97. The Morgan fingerprint density at radius 3 is 2.55 bits per heavy atom. The Labute approximate surface area is 240 Å². The number of aromatic nitrogens is 1. The number of nitrogens with zero attached hydrogens (tertiary/aromatic N) is 3. The first-order valence-electron chi connectivity index (χ1n) is 13.1. The molecule has 2 aliphatic heterocycles. The van der Waals surface area contributed by atoms with Crippen molar-refractivity contribution in [3.05, 3.63) is 83.5 Å². The minimum atomic E-state index is -4.60. The molecule has 0 bridgehead atoms. The van der Waals surface area contributed by atoms with Gasteiger partial charge in [-0.2, -0.15) is 0 Å². The Hall–Kier alpha value is -4.23. The van der Waals surface area contributed by atoms with Crippen molar-refractivity contribution in [1.29, 1.82) is 5.41 Å². The number of hydrogen-bond donors (Lipinski definition) is 3. The smallest absolute Gasteiger partial charge is 0.246 e. The van der Waals surface area contributed by atoms with Crippen LogP contribution in [0.3, 0.4) is 0 Å². The zero-order chi connectivity index (χ0) is 30.5. The predicted octanol–water partition coefficient (Wildman–Crippen LogP) is 4.08. The number of piperazine rings is 1. The molecule has 9 nitrogen and oxygen atoms in total. The Bertz CT molecular complexity index is 1750. The number of benzene rings is 2. The Morgan fingerprint density at radius 2 is 1.88 bits per heavy atom. The SMILES string of the molecule is C=CC(=O)N1CCN2C(=N)c3c(Nc4c(C)ccnc4C(C)O)c(F)c(-c4ccccc4F)c(F)c3S(=O)(=O)CC2C1. The molecule has 0 spiro atoms. The van der Waals surface area contributed by atoms with Crippen molar-refractivity contribution >= 4 is 33.0 Å². The highest BCUT2D eigenvalue weighted by molar-refractivity contribution is 7.91. The van der Waals surface area contributed by atoms with Gasteiger partial charge in [0.05, 0.1) is 46.1 Å². The lowest BCUT2D eigenvalue weighted by Gasteiger charge is -2.41. The van der Waals surface area contributed by atoms with E-state index in [-0.39, 0.29) is 31.0 Å².